The maximum Gasteiger partial charge on any atom is 0.283 e. The second kappa shape index (κ2) is 4.06. The van der Waals surface area contributed by atoms with Crippen molar-refractivity contribution in [2.24, 2.45) is 0 Å². The standard InChI is InChI=1S/C8H5BrClNO3/c1-4-5(8(10)12)2-3-6(7(4)9)11(13)14/h2-3H,1H3. The lowest BCUT2D eigenvalue weighted by molar-refractivity contribution is -0.385. The zero-order chi connectivity index (χ0) is 10.9. The van der Waals surface area contributed by atoms with E-state index in [1.54, 1.807) is 6.92 Å². The number of nitro groups is 1. The van der Waals surface area contributed by atoms with Crippen LogP contribution < -0.4 is 0 Å². The van der Waals surface area contributed by atoms with Crippen LogP contribution in [0.1, 0.15) is 15.9 Å². The zero-order valence-corrected chi connectivity index (χ0v) is 9.42. The number of hydrogen-bond acceptors (Lipinski definition) is 3. The molecule has 0 aromatic heterocycles. The van der Waals surface area contributed by atoms with Gasteiger partial charge in [-0.3, -0.25) is 14.9 Å². The largest absolute Gasteiger partial charge is 0.283 e. The van der Waals surface area contributed by atoms with Crippen LogP contribution in [-0.4, -0.2) is 10.2 Å². The molecule has 14 heavy (non-hydrogen) atoms. The first kappa shape index (κ1) is 11.1. The quantitative estimate of drug-likeness (QED) is 0.474. The van der Waals surface area contributed by atoms with E-state index in [-0.39, 0.29) is 15.7 Å². The third-order valence-corrected chi connectivity index (χ3v) is 2.98. The predicted octanol–water partition coefficient (Wildman–Crippen LogP) is 3.04. The molecule has 0 N–H and O–H groups in total. The average Bonchev–Trinajstić information content (AvgIpc) is 2.08. The molecular weight excluding hydrogens is 273 g/mol. The molecular formula is C8H5BrClNO3. The molecule has 0 bridgehead atoms. The van der Waals surface area contributed by atoms with Crippen molar-refractivity contribution >= 4 is 38.5 Å². The lowest BCUT2D eigenvalue weighted by Gasteiger charge is -2.03. The van der Waals surface area contributed by atoms with Crippen LogP contribution in [-0.2, 0) is 0 Å². The van der Waals surface area contributed by atoms with Crippen LogP contribution in [0.5, 0.6) is 0 Å². The molecule has 0 aliphatic heterocycles. The van der Waals surface area contributed by atoms with E-state index in [4.69, 9.17) is 11.6 Å². The minimum absolute atomic E-state index is 0.0795. The summed E-state index contributed by atoms with van der Waals surface area (Å²) in [4.78, 5) is 20.9. The van der Waals surface area contributed by atoms with E-state index in [2.05, 4.69) is 15.9 Å². The van der Waals surface area contributed by atoms with Gasteiger partial charge in [-0.2, -0.15) is 0 Å². The Morgan fingerprint density at radius 3 is 2.57 bits per heavy atom. The van der Waals surface area contributed by atoms with Gasteiger partial charge in [0, 0.05) is 11.6 Å². The molecule has 0 atom stereocenters. The van der Waals surface area contributed by atoms with Crippen LogP contribution in [0.25, 0.3) is 0 Å². The van der Waals surface area contributed by atoms with Gasteiger partial charge < -0.3 is 0 Å². The Morgan fingerprint density at radius 1 is 1.57 bits per heavy atom. The highest BCUT2D eigenvalue weighted by Gasteiger charge is 2.18. The molecule has 0 aliphatic carbocycles. The number of rotatable bonds is 2. The summed E-state index contributed by atoms with van der Waals surface area (Å²) in [5.41, 5.74) is 0.660. The van der Waals surface area contributed by atoms with Crippen molar-refractivity contribution in [3.63, 3.8) is 0 Å². The van der Waals surface area contributed by atoms with E-state index < -0.39 is 10.2 Å². The summed E-state index contributed by atoms with van der Waals surface area (Å²) in [5, 5.41) is 9.89. The molecule has 0 heterocycles. The van der Waals surface area contributed by atoms with Crippen molar-refractivity contribution < 1.29 is 9.72 Å². The molecule has 1 aromatic carbocycles. The van der Waals surface area contributed by atoms with Crippen LogP contribution in [0.2, 0.25) is 0 Å². The van der Waals surface area contributed by atoms with E-state index in [0.717, 1.165) is 0 Å². The molecule has 0 aliphatic rings. The Kier molecular flexibility index (Phi) is 3.23. The van der Waals surface area contributed by atoms with E-state index in [9.17, 15) is 14.9 Å². The Hall–Kier alpha value is -0.940. The molecule has 1 rings (SSSR count). The number of nitro benzene ring substituents is 1. The van der Waals surface area contributed by atoms with Gasteiger partial charge in [-0.05, 0) is 46.1 Å². The van der Waals surface area contributed by atoms with Crippen LogP contribution in [0.15, 0.2) is 16.6 Å². The lowest BCUT2D eigenvalue weighted by Crippen LogP contribution is -1.98. The lowest BCUT2D eigenvalue weighted by atomic mass is 10.1. The van der Waals surface area contributed by atoms with Gasteiger partial charge in [0.2, 0.25) is 0 Å². The normalized spacial score (nSPS) is 9.93. The third-order valence-electron chi connectivity index (χ3n) is 1.77. The molecule has 0 spiro atoms. The molecule has 6 heteroatoms. The SMILES string of the molecule is Cc1c(C(=O)Cl)ccc([N+](=O)[O-])c1Br. The van der Waals surface area contributed by atoms with Crippen molar-refractivity contribution in [1.29, 1.82) is 0 Å². The molecule has 0 radical (unpaired) electrons. The maximum atomic E-state index is 10.9. The Balaban J connectivity index is 3.41. The van der Waals surface area contributed by atoms with Gasteiger partial charge in [-0.25, -0.2) is 0 Å². The highest BCUT2D eigenvalue weighted by molar-refractivity contribution is 9.10. The monoisotopic (exact) mass is 277 g/mol. The second-order valence-corrected chi connectivity index (χ2v) is 3.74. The number of carbonyl (C=O) groups is 1. The van der Waals surface area contributed by atoms with Crippen LogP contribution in [0.4, 0.5) is 5.69 Å². The van der Waals surface area contributed by atoms with E-state index in [0.29, 0.717) is 5.56 Å². The van der Waals surface area contributed by atoms with Crippen molar-refractivity contribution in [1.82, 2.24) is 0 Å². The van der Waals surface area contributed by atoms with Gasteiger partial charge in [0.15, 0.2) is 0 Å². The van der Waals surface area contributed by atoms with Gasteiger partial charge in [-0.15, -0.1) is 0 Å². The fraction of sp³-hybridized carbons (Fsp3) is 0.125. The van der Waals surface area contributed by atoms with Crippen molar-refractivity contribution in [3.05, 3.63) is 37.8 Å². The first-order valence-electron chi connectivity index (χ1n) is 3.58. The summed E-state index contributed by atoms with van der Waals surface area (Å²) in [6.07, 6.45) is 0. The first-order chi connectivity index (χ1) is 6.45. The van der Waals surface area contributed by atoms with Crippen molar-refractivity contribution in [2.75, 3.05) is 0 Å². The molecule has 0 unspecified atom stereocenters. The Morgan fingerprint density at radius 2 is 2.14 bits per heavy atom. The van der Waals surface area contributed by atoms with Gasteiger partial charge in [-0.1, -0.05) is 0 Å². The number of halogens is 2. The smallest absolute Gasteiger partial charge is 0.276 e. The van der Waals surface area contributed by atoms with Gasteiger partial charge in [0.05, 0.1) is 9.40 Å². The molecule has 0 fully saturated rings. The Labute approximate surface area is 93.1 Å². The number of hydrogen-bond donors (Lipinski definition) is 0. The van der Waals surface area contributed by atoms with Crippen LogP contribution in [0.3, 0.4) is 0 Å². The zero-order valence-electron chi connectivity index (χ0n) is 7.08. The van der Waals surface area contributed by atoms with Gasteiger partial charge >= 0.3 is 0 Å². The maximum absolute atomic E-state index is 10.9. The second-order valence-electron chi connectivity index (χ2n) is 2.60. The van der Waals surface area contributed by atoms with E-state index in [1.165, 1.54) is 12.1 Å². The molecule has 0 amide bonds. The fourth-order valence-electron chi connectivity index (χ4n) is 1.02. The minimum Gasteiger partial charge on any atom is -0.276 e. The molecule has 4 nitrogen and oxygen atoms in total. The highest BCUT2D eigenvalue weighted by atomic mass is 79.9. The fourth-order valence-corrected chi connectivity index (χ4v) is 1.72. The van der Waals surface area contributed by atoms with Gasteiger partial charge in [0.1, 0.15) is 0 Å². The average molecular weight is 278 g/mol. The van der Waals surface area contributed by atoms with E-state index in [1.807, 2.05) is 0 Å². The molecule has 1 aromatic rings. The molecule has 0 saturated heterocycles. The number of benzene rings is 1. The summed E-state index contributed by atoms with van der Waals surface area (Å²) in [5.74, 6) is 0. The van der Waals surface area contributed by atoms with Gasteiger partial charge in [0.25, 0.3) is 10.9 Å². The Bertz CT molecular complexity index is 380. The molecule has 74 valence electrons. The van der Waals surface area contributed by atoms with E-state index >= 15 is 0 Å². The summed E-state index contributed by atoms with van der Waals surface area (Å²) < 4.78 is 0.286. The summed E-state index contributed by atoms with van der Waals surface area (Å²) in [7, 11) is 0. The summed E-state index contributed by atoms with van der Waals surface area (Å²) in [6.45, 7) is 1.59. The summed E-state index contributed by atoms with van der Waals surface area (Å²) in [6, 6.07) is 2.58. The predicted molar refractivity (Wildman–Crippen MR) is 55.7 cm³/mol. The topological polar surface area (TPSA) is 60.2 Å². The number of carbonyl (C=O) groups excluding carboxylic acids is 1. The first-order valence-corrected chi connectivity index (χ1v) is 4.75. The third kappa shape index (κ3) is 1.93. The summed E-state index contributed by atoms with van der Waals surface area (Å²) >= 11 is 8.33. The highest BCUT2D eigenvalue weighted by Crippen LogP contribution is 2.30. The van der Waals surface area contributed by atoms with Crippen molar-refractivity contribution in [2.45, 2.75) is 6.92 Å². The van der Waals surface area contributed by atoms with Crippen LogP contribution >= 0.6 is 27.5 Å². The van der Waals surface area contributed by atoms with Crippen molar-refractivity contribution in [3.8, 4) is 0 Å². The minimum atomic E-state index is -0.627. The van der Waals surface area contributed by atoms with Crippen LogP contribution in [0, 0.1) is 17.0 Å². The molecule has 0 saturated carbocycles. The number of nitrogens with zero attached hydrogens (tertiary/aromatic N) is 1.